The molecule has 1 N–H and O–H groups in total. The molecule has 0 aliphatic rings. The quantitative estimate of drug-likeness (QED) is 0.642. The summed E-state index contributed by atoms with van der Waals surface area (Å²) in [4.78, 5) is 21.9. The van der Waals surface area contributed by atoms with Gasteiger partial charge in [0.25, 0.3) is 0 Å². The number of rotatable bonds is 5. The van der Waals surface area contributed by atoms with E-state index >= 15 is 0 Å². The van der Waals surface area contributed by atoms with Crippen LogP contribution >= 0.6 is 0 Å². The molecule has 1 aromatic rings. The van der Waals surface area contributed by atoms with Crippen LogP contribution in [0.25, 0.3) is 0 Å². The number of sulfone groups is 1. The highest BCUT2D eigenvalue weighted by molar-refractivity contribution is 7.91. The molecule has 1 rings (SSSR count). The van der Waals surface area contributed by atoms with Crippen LogP contribution in [0.15, 0.2) is 41.3 Å². The minimum absolute atomic E-state index is 0.0147. The maximum absolute atomic E-state index is 11.5. The average Bonchev–Trinajstić information content (AvgIpc) is 2.36. The van der Waals surface area contributed by atoms with E-state index in [9.17, 15) is 18.0 Å². The largest absolute Gasteiger partial charge is 0.478 e. The van der Waals surface area contributed by atoms with Gasteiger partial charge < -0.3 is 5.11 Å². The third-order valence-electron chi connectivity index (χ3n) is 2.26. The van der Waals surface area contributed by atoms with Gasteiger partial charge >= 0.3 is 5.97 Å². The summed E-state index contributed by atoms with van der Waals surface area (Å²) in [6.07, 6.45) is 1.66. The fourth-order valence-electron chi connectivity index (χ4n) is 1.24. The fraction of sp³-hybridized carbons (Fsp3) is 0.167. The molecule has 0 saturated carbocycles. The van der Waals surface area contributed by atoms with E-state index in [1.165, 1.54) is 31.2 Å². The molecule has 0 radical (unpaired) electrons. The zero-order valence-electron chi connectivity index (χ0n) is 9.66. The molecule has 6 heteroatoms. The molecule has 0 aliphatic heterocycles. The van der Waals surface area contributed by atoms with Gasteiger partial charge in [0.2, 0.25) is 0 Å². The molecule has 0 unspecified atom stereocenters. The second-order valence-corrected chi connectivity index (χ2v) is 5.74. The number of ketones is 1. The summed E-state index contributed by atoms with van der Waals surface area (Å²) in [5.41, 5.74) is 0.238. The molecular formula is C12H12O5S. The van der Waals surface area contributed by atoms with Crippen molar-refractivity contribution in [1.29, 1.82) is 0 Å². The van der Waals surface area contributed by atoms with Gasteiger partial charge in [-0.05, 0) is 30.3 Å². The second kappa shape index (κ2) is 5.59. The molecule has 0 saturated heterocycles. The fourth-order valence-corrected chi connectivity index (χ4v) is 2.12. The lowest BCUT2D eigenvalue weighted by molar-refractivity contribution is -0.131. The zero-order chi connectivity index (χ0) is 13.8. The number of carbonyl (C=O) groups excluding carboxylic acids is 1. The molecule has 0 spiro atoms. The highest BCUT2D eigenvalue weighted by Crippen LogP contribution is 2.12. The first kappa shape index (κ1) is 14.1. The number of carboxylic acid groups (broad SMARTS) is 1. The van der Waals surface area contributed by atoms with E-state index < -0.39 is 21.6 Å². The number of carboxylic acids is 1. The molecule has 18 heavy (non-hydrogen) atoms. The predicted molar refractivity (Wildman–Crippen MR) is 65.3 cm³/mol. The van der Waals surface area contributed by atoms with Crippen LogP contribution in [0.4, 0.5) is 0 Å². The Morgan fingerprint density at radius 2 is 1.72 bits per heavy atom. The lowest BCUT2D eigenvalue weighted by Crippen LogP contribution is -2.04. The minimum atomic E-state index is -3.29. The lowest BCUT2D eigenvalue weighted by atomic mass is 10.1. The standard InChI is InChI=1S/C12H12O5S/c1-2-18(16,17)10-5-3-9(4-6-10)11(13)7-8-12(14)15/h3-8H,2H2,1H3,(H,14,15)/b8-7+. The van der Waals surface area contributed by atoms with Gasteiger partial charge in [-0.15, -0.1) is 0 Å². The number of hydrogen-bond donors (Lipinski definition) is 1. The molecule has 0 fully saturated rings. The first-order chi connectivity index (χ1) is 8.36. The van der Waals surface area contributed by atoms with Gasteiger partial charge in [0.15, 0.2) is 15.6 Å². The Morgan fingerprint density at radius 1 is 1.17 bits per heavy atom. The summed E-state index contributed by atoms with van der Waals surface area (Å²) in [5.74, 6) is -1.72. The Hall–Kier alpha value is -1.95. The van der Waals surface area contributed by atoms with E-state index in [4.69, 9.17) is 5.11 Å². The Labute approximate surface area is 105 Å². The Balaban J connectivity index is 2.97. The Kier molecular flexibility index (Phi) is 4.38. The molecule has 96 valence electrons. The molecule has 5 nitrogen and oxygen atoms in total. The van der Waals surface area contributed by atoms with Crippen LogP contribution in [-0.2, 0) is 14.6 Å². The van der Waals surface area contributed by atoms with E-state index in [0.717, 1.165) is 12.2 Å². The van der Waals surface area contributed by atoms with E-state index in [1.54, 1.807) is 0 Å². The number of carbonyl (C=O) groups is 2. The van der Waals surface area contributed by atoms with Gasteiger partial charge in [-0.3, -0.25) is 4.79 Å². The zero-order valence-corrected chi connectivity index (χ0v) is 10.5. The molecule has 1 aromatic carbocycles. The van der Waals surface area contributed by atoms with Gasteiger partial charge in [0, 0.05) is 11.6 Å². The topological polar surface area (TPSA) is 88.5 Å². The van der Waals surface area contributed by atoms with Crippen molar-refractivity contribution in [2.45, 2.75) is 11.8 Å². The number of allylic oxidation sites excluding steroid dienone is 1. The second-order valence-electron chi connectivity index (χ2n) is 3.46. The van der Waals surface area contributed by atoms with Crippen molar-refractivity contribution >= 4 is 21.6 Å². The van der Waals surface area contributed by atoms with Crippen molar-refractivity contribution in [2.24, 2.45) is 0 Å². The summed E-state index contributed by atoms with van der Waals surface area (Å²) >= 11 is 0. The molecular weight excluding hydrogens is 256 g/mol. The average molecular weight is 268 g/mol. The normalized spacial score (nSPS) is 11.6. The maximum atomic E-state index is 11.5. The first-order valence-electron chi connectivity index (χ1n) is 5.15. The van der Waals surface area contributed by atoms with Crippen molar-refractivity contribution in [1.82, 2.24) is 0 Å². The minimum Gasteiger partial charge on any atom is -0.478 e. The summed E-state index contributed by atoms with van der Waals surface area (Å²) in [6, 6.07) is 5.38. The summed E-state index contributed by atoms with van der Waals surface area (Å²) in [6.45, 7) is 1.53. The van der Waals surface area contributed by atoms with Crippen molar-refractivity contribution in [3.05, 3.63) is 42.0 Å². The van der Waals surface area contributed by atoms with Gasteiger partial charge in [-0.1, -0.05) is 6.92 Å². The number of aliphatic carboxylic acids is 1. The summed E-state index contributed by atoms with van der Waals surface area (Å²) in [7, 11) is -3.29. The van der Waals surface area contributed by atoms with E-state index in [0.29, 0.717) is 0 Å². The van der Waals surface area contributed by atoms with Crippen molar-refractivity contribution in [3.63, 3.8) is 0 Å². The van der Waals surface area contributed by atoms with Crippen molar-refractivity contribution in [3.8, 4) is 0 Å². The van der Waals surface area contributed by atoms with Gasteiger partial charge in [0.1, 0.15) is 0 Å². The van der Waals surface area contributed by atoms with Gasteiger partial charge in [-0.2, -0.15) is 0 Å². The molecule has 0 heterocycles. The smallest absolute Gasteiger partial charge is 0.328 e. The molecule has 0 bridgehead atoms. The maximum Gasteiger partial charge on any atom is 0.328 e. The Bertz CT molecular complexity index is 581. The summed E-state index contributed by atoms with van der Waals surface area (Å²) in [5, 5.41) is 8.37. The van der Waals surface area contributed by atoms with Crippen molar-refractivity contribution < 1.29 is 23.1 Å². The highest BCUT2D eigenvalue weighted by Gasteiger charge is 2.11. The number of hydrogen-bond acceptors (Lipinski definition) is 4. The van der Waals surface area contributed by atoms with Crippen LogP contribution in [0.5, 0.6) is 0 Å². The number of benzene rings is 1. The lowest BCUT2D eigenvalue weighted by Gasteiger charge is -2.01. The molecule has 0 aromatic heterocycles. The van der Waals surface area contributed by atoms with Gasteiger partial charge in [-0.25, -0.2) is 13.2 Å². The third kappa shape index (κ3) is 3.53. The van der Waals surface area contributed by atoms with E-state index in [2.05, 4.69) is 0 Å². The Morgan fingerprint density at radius 3 is 2.17 bits per heavy atom. The molecule has 0 aliphatic carbocycles. The van der Waals surface area contributed by atoms with Crippen LogP contribution < -0.4 is 0 Å². The first-order valence-corrected chi connectivity index (χ1v) is 6.80. The van der Waals surface area contributed by atoms with E-state index in [1.807, 2.05) is 0 Å². The van der Waals surface area contributed by atoms with Crippen LogP contribution in [0.2, 0.25) is 0 Å². The summed E-state index contributed by atoms with van der Waals surface area (Å²) < 4.78 is 23.0. The predicted octanol–water partition coefficient (Wildman–Crippen LogP) is 1.30. The molecule has 0 atom stereocenters. The van der Waals surface area contributed by atoms with Crippen LogP contribution in [0, 0.1) is 0 Å². The van der Waals surface area contributed by atoms with Crippen molar-refractivity contribution in [2.75, 3.05) is 5.75 Å². The molecule has 0 amide bonds. The highest BCUT2D eigenvalue weighted by atomic mass is 32.2. The van der Waals surface area contributed by atoms with Gasteiger partial charge in [0.05, 0.1) is 10.6 Å². The SMILES string of the molecule is CCS(=O)(=O)c1ccc(C(=O)/C=C/C(=O)O)cc1. The monoisotopic (exact) mass is 268 g/mol. The van der Waals surface area contributed by atoms with Crippen LogP contribution in [0.3, 0.4) is 0 Å². The van der Waals surface area contributed by atoms with Crippen LogP contribution in [-0.4, -0.2) is 31.0 Å². The van der Waals surface area contributed by atoms with Crippen LogP contribution in [0.1, 0.15) is 17.3 Å². The van der Waals surface area contributed by atoms with E-state index in [-0.39, 0.29) is 16.2 Å². The third-order valence-corrected chi connectivity index (χ3v) is 4.01.